The summed E-state index contributed by atoms with van der Waals surface area (Å²) < 4.78 is 28.7. The summed E-state index contributed by atoms with van der Waals surface area (Å²) in [6, 6.07) is 17.3. The fourth-order valence-electron chi connectivity index (χ4n) is 3.82. The Hall–Kier alpha value is -3.07. The Morgan fingerprint density at radius 3 is 2.16 bits per heavy atom. The number of rotatable bonds is 9. The molecule has 0 saturated carbocycles. The fourth-order valence-corrected chi connectivity index (χ4v) is 5.66. The summed E-state index contributed by atoms with van der Waals surface area (Å²) in [4.78, 5) is 27.7. The van der Waals surface area contributed by atoms with Gasteiger partial charge in [0.1, 0.15) is 12.6 Å². The van der Waals surface area contributed by atoms with Crippen LogP contribution < -0.4 is 9.62 Å². The molecule has 0 aliphatic rings. The predicted octanol–water partition coefficient (Wildman–Crippen LogP) is 4.97. The number of amides is 2. The van der Waals surface area contributed by atoms with Crippen molar-refractivity contribution in [1.29, 1.82) is 0 Å². The average molecular weight is 563 g/mol. The first-order valence-electron chi connectivity index (χ1n) is 11.6. The SMILES string of the molecule is CNC(=O)[C@@H](C)N(Cc1ccccc1Cl)C(=O)CN(c1cccc(Cl)c1C)S(=O)(=O)c1ccc(C)cc1. The molecule has 1 N–H and O–H groups in total. The molecule has 2 amide bonds. The quantitative estimate of drug-likeness (QED) is 0.399. The minimum absolute atomic E-state index is 0.0139. The molecule has 0 spiro atoms. The van der Waals surface area contributed by atoms with E-state index in [0.717, 1.165) is 9.87 Å². The largest absolute Gasteiger partial charge is 0.357 e. The Morgan fingerprint density at radius 1 is 0.919 bits per heavy atom. The van der Waals surface area contributed by atoms with Crippen molar-refractivity contribution in [2.75, 3.05) is 17.9 Å². The Labute approximate surface area is 228 Å². The third-order valence-corrected chi connectivity index (χ3v) is 8.66. The third kappa shape index (κ3) is 6.44. The molecule has 0 aliphatic carbocycles. The molecular formula is C27H29Cl2N3O4S. The Morgan fingerprint density at radius 2 is 1.54 bits per heavy atom. The molecule has 3 aromatic carbocycles. The molecule has 0 bridgehead atoms. The van der Waals surface area contributed by atoms with Crippen LogP contribution >= 0.6 is 23.2 Å². The van der Waals surface area contributed by atoms with E-state index in [0.29, 0.717) is 21.2 Å². The number of hydrogen-bond donors (Lipinski definition) is 1. The van der Waals surface area contributed by atoms with Gasteiger partial charge in [-0.2, -0.15) is 0 Å². The van der Waals surface area contributed by atoms with Gasteiger partial charge in [0.05, 0.1) is 10.6 Å². The zero-order valence-corrected chi connectivity index (χ0v) is 23.4. The van der Waals surface area contributed by atoms with E-state index < -0.39 is 34.4 Å². The van der Waals surface area contributed by atoms with E-state index in [1.807, 2.05) is 6.92 Å². The molecule has 7 nitrogen and oxygen atoms in total. The number of hydrogen-bond acceptors (Lipinski definition) is 4. The summed E-state index contributed by atoms with van der Waals surface area (Å²) in [5.74, 6) is -0.974. The molecule has 10 heteroatoms. The Bertz CT molecular complexity index is 1400. The van der Waals surface area contributed by atoms with Gasteiger partial charge in [-0.1, -0.05) is 65.2 Å². The second kappa shape index (κ2) is 12.0. The fraction of sp³-hybridized carbons (Fsp3) is 0.259. The van der Waals surface area contributed by atoms with Gasteiger partial charge in [0.25, 0.3) is 10.0 Å². The van der Waals surface area contributed by atoms with Crippen LogP contribution in [-0.2, 0) is 26.2 Å². The van der Waals surface area contributed by atoms with Crippen molar-refractivity contribution in [2.24, 2.45) is 0 Å². The van der Waals surface area contributed by atoms with Crippen LogP contribution in [0, 0.1) is 13.8 Å². The summed E-state index contributed by atoms with van der Waals surface area (Å²) in [6.45, 7) is 4.58. The third-order valence-electron chi connectivity index (χ3n) is 6.11. The van der Waals surface area contributed by atoms with Gasteiger partial charge in [0, 0.05) is 23.6 Å². The minimum atomic E-state index is -4.17. The van der Waals surface area contributed by atoms with Crippen molar-refractivity contribution in [3.63, 3.8) is 0 Å². The van der Waals surface area contributed by atoms with Crippen molar-refractivity contribution in [3.05, 3.63) is 93.5 Å². The van der Waals surface area contributed by atoms with Gasteiger partial charge >= 0.3 is 0 Å². The molecule has 0 heterocycles. The Balaban J connectivity index is 2.09. The minimum Gasteiger partial charge on any atom is -0.357 e. The van der Waals surface area contributed by atoms with Gasteiger partial charge < -0.3 is 10.2 Å². The second-order valence-electron chi connectivity index (χ2n) is 8.61. The van der Waals surface area contributed by atoms with E-state index in [9.17, 15) is 18.0 Å². The number of carbonyl (C=O) groups excluding carboxylic acids is 2. The number of halogens is 2. The van der Waals surface area contributed by atoms with E-state index in [-0.39, 0.29) is 17.1 Å². The molecule has 0 saturated heterocycles. The highest BCUT2D eigenvalue weighted by atomic mass is 35.5. The monoisotopic (exact) mass is 561 g/mol. The standard InChI is InChI=1S/C27H29Cl2N3O4S/c1-18-12-14-22(15-13-18)37(35,36)32(25-11-7-10-23(28)19(25)2)17-26(33)31(20(3)27(34)30-4)16-21-8-5-6-9-24(21)29/h5-15,20H,16-17H2,1-4H3,(H,30,34)/t20-/m1/s1. The first kappa shape index (κ1) is 28.5. The summed E-state index contributed by atoms with van der Waals surface area (Å²) >= 11 is 12.7. The molecule has 0 fully saturated rings. The van der Waals surface area contributed by atoms with Gasteiger partial charge in [-0.25, -0.2) is 8.42 Å². The van der Waals surface area contributed by atoms with Crippen LogP contribution in [0.2, 0.25) is 10.0 Å². The van der Waals surface area contributed by atoms with Crippen molar-refractivity contribution in [1.82, 2.24) is 10.2 Å². The molecule has 3 rings (SSSR count). The van der Waals surface area contributed by atoms with E-state index in [2.05, 4.69) is 5.32 Å². The maximum absolute atomic E-state index is 13.8. The first-order chi connectivity index (χ1) is 17.5. The summed E-state index contributed by atoms with van der Waals surface area (Å²) in [5.41, 5.74) is 2.29. The van der Waals surface area contributed by atoms with E-state index in [4.69, 9.17) is 23.2 Å². The number of anilines is 1. The van der Waals surface area contributed by atoms with Crippen molar-refractivity contribution >= 4 is 50.7 Å². The highest BCUT2D eigenvalue weighted by Gasteiger charge is 2.33. The molecule has 196 valence electrons. The van der Waals surface area contributed by atoms with Crippen LogP contribution in [0.25, 0.3) is 0 Å². The van der Waals surface area contributed by atoms with Gasteiger partial charge in [-0.05, 0) is 62.2 Å². The van der Waals surface area contributed by atoms with Crippen LogP contribution in [0.5, 0.6) is 0 Å². The average Bonchev–Trinajstić information content (AvgIpc) is 2.87. The normalized spacial score (nSPS) is 12.1. The number of aryl methyl sites for hydroxylation is 1. The molecule has 3 aromatic rings. The van der Waals surface area contributed by atoms with Crippen molar-refractivity contribution < 1.29 is 18.0 Å². The lowest BCUT2D eigenvalue weighted by molar-refractivity contribution is -0.139. The number of benzene rings is 3. The number of carbonyl (C=O) groups is 2. The van der Waals surface area contributed by atoms with E-state index >= 15 is 0 Å². The van der Waals surface area contributed by atoms with Crippen LogP contribution in [0.4, 0.5) is 5.69 Å². The molecule has 0 aromatic heterocycles. The lowest BCUT2D eigenvalue weighted by Gasteiger charge is -2.32. The molecule has 0 unspecified atom stereocenters. The lowest BCUT2D eigenvalue weighted by Crippen LogP contribution is -2.50. The smallest absolute Gasteiger partial charge is 0.264 e. The Kier molecular flexibility index (Phi) is 9.23. The predicted molar refractivity (Wildman–Crippen MR) is 147 cm³/mol. The van der Waals surface area contributed by atoms with Crippen LogP contribution in [0.1, 0.15) is 23.6 Å². The molecule has 37 heavy (non-hydrogen) atoms. The molecule has 0 radical (unpaired) electrons. The zero-order valence-electron chi connectivity index (χ0n) is 21.0. The van der Waals surface area contributed by atoms with Crippen LogP contribution in [0.3, 0.4) is 0 Å². The number of likely N-dealkylation sites (N-methyl/N-ethyl adjacent to an activating group) is 1. The second-order valence-corrected chi connectivity index (χ2v) is 11.3. The summed E-state index contributed by atoms with van der Waals surface area (Å²) in [7, 11) is -2.70. The van der Waals surface area contributed by atoms with E-state index in [1.165, 1.54) is 24.1 Å². The number of nitrogens with zero attached hydrogens (tertiary/aromatic N) is 2. The zero-order chi connectivity index (χ0) is 27.3. The number of nitrogens with one attached hydrogen (secondary N) is 1. The number of sulfonamides is 1. The van der Waals surface area contributed by atoms with E-state index in [1.54, 1.807) is 68.4 Å². The van der Waals surface area contributed by atoms with Crippen LogP contribution in [-0.4, -0.2) is 44.8 Å². The maximum Gasteiger partial charge on any atom is 0.264 e. The van der Waals surface area contributed by atoms with Gasteiger partial charge in [0.2, 0.25) is 11.8 Å². The topological polar surface area (TPSA) is 86.8 Å². The molecule has 0 aliphatic heterocycles. The summed E-state index contributed by atoms with van der Waals surface area (Å²) in [6.07, 6.45) is 0. The molecular weight excluding hydrogens is 533 g/mol. The van der Waals surface area contributed by atoms with Gasteiger partial charge in [0.15, 0.2) is 0 Å². The highest BCUT2D eigenvalue weighted by molar-refractivity contribution is 7.92. The first-order valence-corrected chi connectivity index (χ1v) is 13.8. The maximum atomic E-state index is 13.8. The summed E-state index contributed by atoms with van der Waals surface area (Å²) in [5, 5.41) is 3.34. The van der Waals surface area contributed by atoms with Gasteiger partial charge in [-0.15, -0.1) is 0 Å². The van der Waals surface area contributed by atoms with Gasteiger partial charge in [-0.3, -0.25) is 13.9 Å². The lowest BCUT2D eigenvalue weighted by atomic mass is 10.1. The molecule has 1 atom stereocenters. The highest BCUT2D eigenvalue weighted by Crippen LogP contribution is 2.31. The van der Waals surface area contributed by atoms with Crippen LogP contribution in [0.15, 0.2) is 71.6 Å². The van der Waals surface area contributed by atoms with Crippen molar-refractivity contribution in [2.45, 2.75) is 38.3 Å². The van der Waals surface area contributed by atoms with Crippen molar-refractivity contribution in [3.8, 4) is 0 Å².